The van der Waals surface area contributed by atoms with E-state index in [-0.39, 0.29) is 0 Å². The van der Waals surface area contributed by atoms with Gasteiger partial charge in [0.2, 0.25) is 0 Å². The predicted molar refractivity (Wildman–Crippen MR) is 106 cm³/mol. The minimum atomic E-state index is 0.712. The van der Waals surface area contributed by atoms with Crippen molar-refractivity contribution in [1.82, 2.24) is 24.9 Å². The summed E-state index contributed by atoms with van der Waals surface area (Å²) in [6.45, 7) is 12.3. The summed E-state index contributed by atoms with van der Waals surface area (Å²) in [4.78, 5) is 5.25. The highest BCUT2D eigenvalue weighted by atomic mass is 35.5. The molecule has 0 aliphatic carbocycles. The summed E-state index contributed by atoms with van der Waals surface area (Å²) in [5, 5.41) is 9.00. The van der Waals surface area contributed by atoms with Crippen LogP contribution in [0.15, 0.2) is 24.3 Å². The zero-order valence-electron chi connectivity index (χ0n) is 15.7. The highest BCUT2D eigenvalue weighted by Crippen LogP contribution is 2.24. The van der Waals surface area contributed by atoms with Crippen LogP contribution in [0.3, 0.4) is 0 Å². The van der Waals surface area contributed by atoms with Gasteiger partial charge in [0.25, 0.3) is 0 Å². The van der Waals surface area contributed by atoms with Gasteiger partial charge in [0, 0.05) is 68.1 Å². The molecule has 140 valence electrons. The van der Waals surface area contributed by atoms with Crippen LogP contribution in [0.1, 0.15) is 23.4 Å². The van der Waals surface area contributed by atoms with E-state index in [9.17, 15) is 0 Å². The van der Waals surface area contributed by atoms with Gasteiger partial charge >= 0.3 is 0 Å². The molecule has 0 bridgehead atoms. The fourth-order valence-corrected chi connectivity index (χ4v) is 4.39. The number of nitrogens with one attached hydrogen (secondary N) is 1. The molecule has 2 fully saturated rings. The van der Waals surface area contributed by atoms with Crippen LogP contribution in [0.25, 0.3) is 5.69 Å². The lowest BCUT2D eigenvalue weighted by Gasteiger charge is -2.32. The maximum absolute atomic E-state index is 6.02. The van der Waals surface area contributed by atoms with Crippen LogP contribution < -0.4 is 5.32 Å². The van der Waals surface area contributed by atoms with Crippen LogP contribution in [0.5, 0.6) is 0 Å². The minimum absolute atomic E-state index is 0.712. The molecular weight excluding hydrogens is 346 g/mol. The minimum Gasteiger partial charge on any atom is -0.314 e. The SMILES string of the molecule is Cc1nn(-c2ccc(Cl)cc2)c(C)c1CN1CCC(N2CCNCC2)C1. The zero-order valence-corrected chi connectivity index (χ0v) is 16.5. The van der Waals surface area contributed by atoms with Crippen LogP contribution in [0.4, 0.5) is 0 Å². The lowest BCUT2D eigenvalue weighted by atomic mass is 10.2. The number of benzene rings is 1. The topological polar surface area (TPSA) is 36.3 Å². The zero-order chi connectivity index (χ0) is 18.1. The average Bonchev–Trinajstić information content (AvgIpc) is 3.24. The first-order chi connectivity index (χ1) is 12.6. The van der Waals surface area contributed by atoms with Gasteiger partial charge in [-0.25, -0.2) is 4.68 Å². The van der Waals surface area contributed by atoms with Crippen LogP contribution in [0.2, 0.25) is 5.02 Å². The van der Waals surface area contributed by atoms with Gasteiger partial charge in [-0.15, -0.1) is 0 Å². The van der Waals surface area contributed by atoms with E-state index in [0.717, 1.165) is 36.0 Å². The van der Waals surface area contributed by atoms with Gasteiger partial charge in [0.1, 0.15) is 0 Å². The molecule has 0 spiro atoms. The molecule has 4 rings (SSSR count). The maximum atomic E-state index is 6.02. The van der Waals surface area contributed by atoms with E-state index in [2.05, 4.69) is 29.0 Å². The number of likely N-dealkylation sites (tertiary alicyclic amines) is 1. The summed E-state index contributed by atoms with van der Waals surface area (Å²) in [6.07, 6.45) is 1.28. The molecule has 1 aromatic carbocycles. The van der Waals surface area contributed by atoms with Crippen molar-refractivity contribution in [2.24, 2.45) is 0 Å². The Morgan fingerprint density at radius 1 is 1.12 bits per heavy atom. The maximum Gasteiger partial charge on any atom is 0.0649 e. The second-order valence-electron chi connectivity index (χ2n) is 7.50. The molecule has 26 heavy (non-hydrogen) atoms. The highest BCUT2D eigenvalue weighted by molar-refractivity contribution is 6.30. The molecule has 3 heterocycles. The van der Waals surface area contributed by atoms with E-state index in [1.165, 1.54) is 43.9 Å². The van der Waals surface area contributed by atoms with Crippen LogP contribution in [-0.2, 0) is 6.54 Å². The Morgan fingerprint density at radius 2 is 1.85 bits per heavy atom. The molecule has 1 unspecified atom stereocenters. The molecule has 1 N–H and O–H groups in total. The lowest BCUT2D eigenvalue weighted by molar-refractivity contribution is 0.170. The summed E-state index contributed by atoms with van der Waals surface area (Å²) in [5.74, 6) is 0. The Hall–Kier alpha value is -1.40. The molecule has 0 amide bonds. The normalized spacial score (nSPS) is 22.2. The molecule has 1 aromatic heterocycles. The van der Waals surface area contributed by atoms with Crippen LogP contribution in [-0.4, -0.2) is 64.9 Å². The average molecular weight is 374 g/mol. The van der Waals surface area contributed by atoms with Crippen molar-refractivity contribution in [2.45, 2.75) is 32.9 Å². The van der Waals surface area contributed by atoms with Crippen molar-refractivity contribution in [3.05, 3.63) is 46.2 Å². The Balaban J connectivity index is 1.46. The largest absolute Gasteiger partial charge is 0.314 e. The fourth-order valence-electron chi connectivity index (χ4n) is 4.26. The standard InChI is InChI=1S/C20H28ClN5/c1-15-20(16(2)26(23-15)18-5-3-17(21)4-6-18)14-24-10-7-19(13-24)25-11-8-22-9-12-25/h3-6,19,22H,7-14H2,1-2H3. The number of nitrogens with zero attached hydrogens (tertiary/aromatic N) is 4. The quantitative estimate of drug-likeness (QED) is 0.893. The monoisotopic (exact) mass is 373 g/mol. The third kappa shape index (κ3) is 3.67. The van der Waals surface area contributed by atoms with E-state index in [1.54, 1.807) is 0 Å². The summed E-state index contributed by atoms with van der Waals surface area (Å²) in [5.41, 5.74) is 4.79. The van der Waals surface area contributed by atoms with Crippen molar-refractivity contribution in [1.29, 1.82) is 0 Å². The van der Waals surface area contributed by atoms with Crippen molar-refractivity contribution < 1.29 is 0 Å². The first kappa shape index (κ1) is 18.0. The number of hydrogen-bond acceptors (Lipinski definition) is 4. The van der Waals surface area contributed by atoms with Crippen LogP contribution >= 0.6 is 11.6 Å². The smallest absolute Gasteiger partial charge is 0.0649 e. The van der Waals surface area contributed by atoms with Gasteiger partial charge in [-0.3, -0.25) is 9.80 Å². The first-order valence-corrected chi connectivity index (χ1v) is 9.98. The first-order valence-electron chi connectivity index (χ1n) is 9.60. The molecule has 0 saturated carbocycles. The second kappa shape index (κ2) is 7.69. The van der Waals surface area contributed by atoms with Gasteiger partial charge in [0.15, 0.2) is 0 Å². The molecule has 6 heteroatoms. The van der Waals surface area contributed by atoms with Crippen molar-refractivity contribution in [2.75, 3.05) is 39.3 Å². The number of piperazine rings is 1. The van der Waals surface area contributed by atoms with Gasteiger partial charge in [0.05, 0.1) is 11.4 Å². The summed E-state index contributed by atoms with van der Waals surface area (Å²) < 4.78 is 2.05. The summed E-state index contributed by atoms with van der Waals surface area (Å²) >= 11 is 6.02. The Labute approximate surface area is 160 Å². The molecule has 5 nitrogen and oxygen atoms in total. The van der Waals surface area contributed by atoms with E-state index < -0.39 is 0 Å². The third-order valence-electron chi connectivity index (χ3n) is 5.81. The number of rotatable bonds is 4. The second-order valence-corrected chi connectivity index (χ2v) is 7.94. The highest BCUT2D eigenvalue weighted by Gasteiger charge is 2.29. The Morgan fingerprint density at radius 3 is 2.58 bits per heavy atom. The van der Waals surface area contributed by atoms with E-state index in [1.807, 2.05) is 28.9 Å². The third-order valence-corrected chi connectivity index (χ3v) is 6.06. The molecule has 0 radical (unpaired) electrons. The van der Waals surface area contributed by atoms with Crippen molar-refractivity contribution in [3.8, 4) is 5.69 Å². The Kier molecular flexibility index (Phi) is 5.32. The van der Waals surface area contributed by atoms with Crippen molar-refractivity contribution >= 4 is 11.6 Å². The molecule has 2 aliphatic heterocycles. The number of halogens is 1. The number of aromatic nitrogens is 2. The molecule has 2 aromatic rings. The molecule has 2 saturated heterocycles. The fraction of sp³-hybridized carbons (Fsp3) is 0.550. The Bertz CT molecular complexity index is 748. The summed E-state index contributed by atoms with van der Waals surface area (Å²) in [7, 11) is 0. The van der Waals surface area contributed by atoms with Gasteiger partial charge in [-0.1, -0.05) is 11.6 Å². The van der Waals surface area contributed by atoms with Crippen LogP contribution in [0, 0.1) is 13.8 Å². The summed E-state index contributed by atoms with van der Waals surface area (Å²) in [6, 6.07) is 8.62. The molecule has 2 aliphatic rings. The van der Waals surface area contributed by atoms with E-state index in [0.29, 0.717) is 6.04 Å². The van der Waals surface area contributed by atoms with Gasteiger partial charge in [-0.2, -0.15) is 5.10 Å². The number of hydrogen-bond donors (Lipinski definition) is 1. The number of aryl methyl sites for hydroxylation is 1. The van der Waals surface area contributed by atoms with Gasteiger partial charge < -0.3 is 5.32 Å². The van der Waals surface area contributed by atoms with Crippen molar-refractivity contribution in [3.63, 3.8) is 0 Å². The van der Waals surface area contributed by atoms with Gasteiger partial charge in [-0.05, 0) is 44.5 Å². The van der Waals surface area contributed by atoms with E-state index in [4.69, 9.17) is 16.7 Å². The molecule has 1 atom stereocenters. The van der Waals surface area contributed by atoms with E-state index >= 15 is 0 Å². The lowest BCUT2D eigenvalue weighted by Crippen LogP contribution is -2.49. The predicted octanol–water partition coefficient (Wildman–Crippen LogP) is 2.62. The molecular formula is C20H28ClN5.